The second-order valence-electron chi connectivity index (χ2n) is 6.74. The molecule has 1 aliphatic rings. The van der Waals surface area contributed by atoms with E-state index in [9.17, 15) is 0 Å². The van der Waals surface area contributed by atoms with Crippen LogP contribution >= 0.6 is 0 Å². The molecule has 24 heavy (non-hydrogen) atoms. The van der Waals surface area contributed by atoms with Crippen LogP contribution in [0, 0.1) is 0 Å². The Balaban J connectivity index is 1.93. The van der Waals surface area contributed by atoms with Crippen molar-refractivity contribution in [3.8, 4) is 11.1 Å². The summed E-state index contributed by atoms with van der Waals surface area (Å²) in [7, 11) is 0. The predicted octanol–water partition coefficient (Wildman–Crippen LogP) is 6.17. The van der Waals surface area contributed by atoms with E-state index in [1.165, 1.54) is 38.6 Å². The van der Waals surface area contributed by atoms with Gasteiger partial charge in [0.1, 0.15) is 0 Å². The largest absolute Gasteiger partial charge is 0.0619 e. The minimum absolute atomic E-state index is 0.117. The molecule has 0 aromatic heterocycles. The molecule has 0 spiro atoms. The highest BCUT2D eigenvalue weighted by molar-refractivity contribution is 5.92. The molecule has 0 unspecified atom stereocenters. The summed E-state index contributed by atoms with van der Waals surface area (Å²) in [6.45, 7) is 2.37. The van der Waals surface area contributed by atoms with E-state index in [4.69, 9.17) is 0 Å². The van der Waals surface area contributed by atoms with E-state index in [1.807, 2.05) is 0 Å². The molecule has 1 aliphatic carbocycles. The number of fused-ring (bicyclic) bond motifs is 4. The molecule has 0 amide bonds. The lowest BCUT2D eigenvalue weighted by molar-refractivity contribution is 0.721. The summed E-state index contributed by atoms with van der Waals surface area (Å²) in [4.78, 5) is 0. The fourth-order valence-corrected chi connectivity index (χ4v) is 4.40. The first-order valence-corrected chi connectivity index (χ1v) is 8.48. The lowest BCUT2D eigenvalue weighted by Crippen LogP contribution is -2.22. The van der Waals surface area contributed by atoms with Gasteiger partial charge < -0.3 is 0 Å². The predicted molar refractivity (Wildman–Crippen MR) is 101 cm³/mol. The zero-order chi connectivity index (χ0) is 16.1. The molecule has 0 fully saturated rings. The van der Waals surface area contributed by atoms with E-state index in [1.54, 1.807) is 0 Å². The number of hydrogen-bond acceptors (Lipinski definition) is 0. The van der Waals surface area contributed by atoms with Crippen LogP contribution in [0.5, 0.6) is 0 Å². The molecule has 0 saturated heterocycles. The van der Waals surface area contributed by atoms with Crippen molar-refractivity contribution in [2.24, 2.45) is 0 Å². The molecular formula is C24H18. The van der Waals surface area contributed by atoms with Crippen molar-refractivity contribution in [1.82, 2.24) is 0 Å². The van der Waals surface area contributed by atoms with Gasteiger partial charge in [-0.2, -0.15) is 0 Å². The van der Waals surface area contributed by atoms with Gasteiger partial charge in [-0.1, -0.05) is 91.0 Å². The first-order chi connectivity index (χ1) is 11.8. The number of benzene rings is 4. The third-order valence-electron chi connectivity index (χ3n) is 5.55. The molecular weight excluding hydrogens is 288 g/mol. The molecule has 114 valence electrons. The summed E-state index contributed by atoms with van der Waals surface area (Å²) in [6.07, 6.45) is 0. The highest BCUT2D eigenvalue weighted by Crippen LogP contribution is 2.53. The summed E-state index contributed by atoms with van der Waals surface area (Å²) in [6, 6.07) is 33.1. The standard InChI is InChI=1S/C24H18/c1-24(21-16-8-10-17-9-2-3-11-18(17)21)22-14-6-4-12-19(22)20-13-5-7-15-23(20)24/h2-16H,1H3. The molecule has 4 aromatic carbocycles. The average molecular weight is 306 g/mol. The Bertz CT molecular complexity index is 1020. The number of rotatable bonds is 1. The molecule has 0 heterocycles. The van der Waals surface area contributed by atoms with Gasteiger partial charge in [-0.15, -0.1) is 0 Å². The van der Waals surface area contributed by atoms with E-state index in [0.717, 1.165) is 0 Å². The Morgan fingerprint density at radius 1 is 0.500 bits per heavy atom. The van der Waals surface area contributed by atoms with Gasteiger partial charge in [-0.05, 0) is 45.5 Å². The zero-order valence-corrected chi connectivity index (χ0v) is 13.7. The summed E-state index contributed by atoms with van der Waals surface area (Å²) < 4.78 is 0. The summed E-state index contributed by atoms with van der Waals surface area (Å²) in [5.74, 6) is 0. The SMILES string of the molecule is CC1(c2cccc3ccccc23)c2ccccc2-c2ccccc21. The van der Waals surface area contributed by atoms with Crippen molar-refractivity contribution >= 4 is 10.8 Å². The normalized spacial score (nSPS) is 14.4. The van der Waals surface area contributed by atoms with Gasteiger partial charge in [-0.25, -0.2) is 0 Å². The zero-order valence-electron chi connectivity index (χ0n) is 13.7. The first kappa shape index (κ1) is 13.6. The Labute approximate surface area is 142 Å². The van der Waals surface area contributed by atoms with Crippen molar-refractivity contribution in [3.63, 3.8) is 0 Å². The van der Waals surface area contributed by atoms with Gasteiger partial charge in [-0.3, -0.25) is 0 Å². The lowest BCUT2D eigenvalue weighted by Gasteiger charge is -2.29. The Morgan fingerprint density at radius 2 is 1.00 bits per heavy atom. The second-order valence-corrected chi connectivity index (χ2v) is 6.74. The maximum absolute atomic E-state index is 2.37. The fraction of sp³-hybridized carbons (Fsp3) is 0.0833. The monoisotopic (exact) mass is 306 g/mol. The Morgan fingerprint density at radius 3 is 1.71 bits per heavy atom. The van der Waals surface area contributed by atoms with Gasteiger partial charge in [0.2, 0.25) is 0 Å². The third-order valence-corrected chi connectivity index (χ3v) is 5.55. The fourth-order valence-electron chi connectivity index (χ4n) is 4.40. The van der Waals surface area contributed by atoms with E-state index in [0.29, 0.717) is 0 Å². The highest BCUT2D eigenvalue weighted by atomic mass is 14.4. The first-order valence-electron chi connectivity index (χ1n) is 8.48. The molecule has 0 saturated carbocycles. The van der Waals surface area contributed by atoms with Crippen molar-refractivity contribution in [2.45, 2.75) is 12.3 Å². The second kappa shape index (κ2) is 4.82. The molecule has 0 nitrogen and oxygen atoms in total. The summed E-state index contributed by atoms with van der Waals surface area (Å²) in [5.41, 5.74) is 6.81. The molecule has 0 bridgehead atoms. The molecule has 4 aromatic rings. The van der Waals surface area contributed by atoms with Gasteiger partial charge in [0.15, 0.2) is 0 Å². The maximum atomic E-state index is 2.37. The lowest BCUT2D eigenvalue weighted by atomic mass is 9.73. The van der Waals surface area contributed by atoms with Gasteiger partial charge in [0.05, 0.1) is 0 Å². The van der Waals surface area contributed by atoms with Crippen LogP contribution in [0.3, 0.4) is 0 Å². The summed E-state index contributed by atoms with van der Waals surface area (Å²) in [5, 5.41) is 2.65. The minimum Gasteiger partial charge on any atom is -0.0619 e. The van der Waals surface area contributed by atoms with Gasteiger partial charge in [0.25, 0.3) is 0 Å². The van der Waals surface area contributed by atoms with Gasteiger partial charge >= 0.3 is 0 Å². The molecule has 5 rings (SSSR count). The molecule has 0 N–H and O–H groups in total. The topological polar surface area (TPSA) is 0 Å². The molecule has 0 atom stereocenters. The quantitative estimate of drug-likeness (QED) is 0.394. The van der Waals surface area contributed by atoms with E-state index in [2.05, 4.69) is 97.9 Å². The van der Waals surface area contributed by atoms with Crippen LogP contribution < -0.4 is 0 Å². The average Bonchev–Trinajstić information content (AvgIpc) is 2.92. The van der Waals surface area contributed by atoms with E-state index in [-0.39, 0.29) is 5.41 Å². The molecule has 0 aliphatic heterocycles. The van der Waals surface area contributed by atoms with Crippen molar-refractivity contribution in [2.75, 3.05) is 0 Å². The third kappa shape index (κ3) is 1.63. The van der Waals surface area contributed by atoms with Crippen LogP contribution in [0.15, 0.2) is 91.0 Å². The van der Waals surface area contributed by atoms with Crippen molar-refractivity contribution in [3.05, 3.63) is 108 Å². The van der Waals surface area contributed by atoms with E-state index >= 15 is 0 Å². The smallest absolute Gasteiger partial charge is 0.0441 e. The Hall–Kier alpha value is -2.86. The van der Waals surface area contributed by atoms with Crippen LogP contribution in [-0.2, 0) is 5.41 Å². The molecule has 0 radical (unpaired) electrons. The highest BCUT2D eigenvalue weighted by Gasteiger charge is 2.40. The van der Waals surface area contributed by atoms with Crippen molar-refractivity contribution < 1.29 is 0 Å². The van der Waals surface area contributed by atoms with Crippen LogP contribution in [0.2, 0.25) is 0 Å². The maximum Gasteiger partial charge on any atom is 0.0441 e. The Kier molecular flexibility index (Phi) is 2.72. The summed E-state index contributed by atoms with van der Waals surface area (Å²) >= 11 is 0. The number of hydrogen-bond donors (Lipinski definition) is 0. The van der Waals surface area contributed by atoms with Crippen LogP contribution in [0.1, 0.15) is 23.6 Å². The van der Waals surface area contributed by atoms with Crippen molar-refractivity contribution in [1.29, 1.82) is 0 Å². The molecule has 0 heteroatoms. The minimum atomic E-state index is -0.117. The van der Waals surface area contributed by atoms with E-state index < -0.39 is 0 Å². The van der Waals surface area contributed by atoms with Gasteiger partial charge in [0, 0.05) is 5.41 Å². The van der Waals surface area contributed by atoms with Crippen LogP contribution in [0.4, 0.5) is 0 Å². The van der Waals surface area contributed by atoms with Crippen LogP contribution in [0.25, 0.3) is 21.9 Å². The van der Waals surface area contributed by atoms with Crippen LogP contribution in [-0.4, -0.2) is 0 Å².